The molecular formula is C17H18N2O4. The maximum atomic E-state index is 12.4. The lowest BCUT2D eigenvalue weighted by atomic mass is 10.0. The normalized spacial score (nSPS) is 10.4. The fourth-order valence-electron chi connectivity index (χ4n) is 2.27. The molecule has 6 nitrogen and oxygen atoms in total. The van der Waals surface area contributed by atoms with E-state index in [1.165, 1.54) is 17.7 Å². The van der Waals surface area contributed by atoms with Crippen LogP contribution < -0.4 is 10.9 Å². The Labute approximate surface area is 133 Å². The Balaban J connectivity index is 2.69. The van der Waals surface area contributed by atoms with E-state index in [1.54, 1.807) is 6.07 Å². The molecule has 6 heteroatoms. The van der Waals surface area contributed by atoms with Crippen LogP contribution in [0.2, 0.25) is 0 Å². The summed E-state index contributed by atoms with van der Waals surface area (Å²) in [6.45, 7) is 3.69. The highest BCUT2D eigenvalue weighted by Crippen LogP contribution is 2.21. The van der Waals surface area contributed by atoms with Crippen molar-refractivity contribution in [1.82, 2.24) is 9.88 Å². The summed E-state index contributed by atoms with van der Waals surface area (Å²) in [6.07, 6.45) is 0. The van der Waals surface area contributed by atoms with Gasteiger partial charge in [-0.15, -0.1) is 0 Å². The first-order chi connectivity index (χ1) is 10.8. The Hall–Kier alpha value is -2.89. The number of rotatable bonds is 4. The van der Waals surface area contributed by atoms with Crippen molar-refractivity contribution in [1.29, 1.82) is 0 Å². The van der Waals surface area contributed by atoms with Crippen LogP contribution in [0, 0.1) is 13.8 Å². The Morgan fingerprint density at radius 3 is 2.39 bits per heavy atom. The summed E-state index contributed by atoms with van der Waals surface area (Å²) in [7, 11) is 1.46. The molecule has 0 atom stereocenters. The number of pyridine rings is 1. The zero-order valence-electron chi connectivity index (χ0n) is 13.2. The van der Waals surface area contributed by atoms with Crippen molar-refractivity contribution >= 4 is 11.9 Å². The molecule has 1 aromatic carbocycles. The first-order valence-electron chi connectivity index (χ1n) is 7.10. The largest absolute Gasteiger partial charge is 0.477 e. The number of nitrogens with one attached hydrogen (secondary N) is 1. The van der Waals surface area contributed by atoms with Crippen molar-refractivity contribution < 1.29 is 14.7 Å². The van der Waals surface area contributed by atoms with Crippen LogP contribution in [0.5, 0.6) is 0 Å². The SMILES string of the molecule is CNC(=O)Cn1c(-c2ccc(C)c(C)c2)ccc(C(=O)O)c1=O. The molecule has 0 fully saturated rings. The van der Waals surface area contributed by atoms with Gasteiger partial charge in [0.05, 0.1) is 5.69 Å². The topological polar surface area (TPSA) is 88.4 Å². The molecule has 120 valence electrons. The molecule has 0 aliphatic rings. The van der Waals surface area contributed by atoms with E-state index in [1.807, 2.05) is 32.0 Å². The van der Waals surface area contributed by atoms with Crippen molar-refractivity contribution in [3.63, 3.8) is 0 Å². The van der Waals surface area contributed by atoms with Crippen LogP contribution in [0.4, 0.5) is 0 Å². The molecule has 2 N–H and O–H groups in total. The second kappa shape index (κ2) is 6.48. The Morgan fingerprint density at radius 2 is 1.83 bits per heavy atom. The first-order valence-corrected chi connectivity index (χ1v) is 7.10. The number of aryl methyl sites for hydroxylation is 2. The lowest BCUT2D eigenvalue weighted by Gasteiger charge is -2.14. The summed E-state index contributed by atoms with van der Waals surface area (Å²) in [5, 5.41) is 11.6. The number of likely N-dealkylation sites (N-methyl/N-ethyl adjacent to an activating group) is 1. The third-order valence-electron chi connectivity index (χ3n) is 3.79. The summed E-state index contributed by atoms with van der Waals surface area (Å²) in [4.78, 5) is 35.3. The average Bonchev–Trinajstić information content (AvgIpc) is 2.51. The molecule has 2 rings (SSSR count). The molecule has 0 spiro atoms. The van der Waals surface area contributed by atoms with Gasteiger partial charge in [0.15, 0.2) is 0 Å². The minimum atomic E-state index is -1.31. The first kappa shape index (κ1) is 16.5. The number of carbonyl (C=O) groups is 2. The molecule has 2 aromatic rings. The number of carboxylic acids is 1. The molecule has 1 aromatic heterocycles. The van der Waals surface area contributed by atoms with Gasteiger partial charge < -0.3 is 10.4 Å². The van der Waals surface area contributed by atoms with Crippen molar-refractivity contribution in [2.24, 2.45) is 0 Å². The van der Waals surface area contributed by atoms with E-state index in [4.69, 9.17) is 5.11 Å². The van der Waals surface area contributed by atoms with Crippen LogP contribution >= 0.6 is 0 Å². The molecular weight excluding hydrogens is 296 g/mol. The summed E-state index contributed by atoms with van der Waals surface area (Å²) in [5.74, 6) is -1.69. The number of aromatic carboxylic acids is 1. The third kappa shape index (κ3) is 3.31. The number of aromatic nitrogens is 1. The summed E-state index contributed by atoms with van der Waals surface area (Å²) in [5.41, 5.74) is 2.36. The molecule has 0 saturated heterocycles. The van der Waals surface area contributed by atoms with Gasteiger partial charge in [0, 0.05) is 7.05 Å². The van der Waals surface area contributed by atoms with E-state index in [-0.39, 0.29) is 18.0 Å². The highest BCUT2D eigenvalue weighted by atomic mass is 16.4. The van der Waals surface area contributed by atoms with E-state index in [2.05, 4.69) is 5.32 Å². The number of hydrogen-bond acceptors (Lipinski definition) is 3. The number of benzene rings is 1. The summed E-state index contributed by atoms with van der Waals surface area (Å²) in [6, 6.07) is 8.50. The van der Waals surface area contributed by atoms with Gasteiger partial charge in [-0.05, 0) is 48.7 Å². The molecule has 0 saturated carbocycles. The van der Waals surface area contributed by atoms with E-state index in [0.717, 1.165) is 16.7 Å². The highest BCUT2D eigenvalue weighted by Gasteiger charge is 2.17. The lowest BCUT2D eigenvalue weighted by Crippen LogP contribution is -2.33. The maximum Gasteiger partial charge on any atom is 0.341 e. The van der Waals surface area contributed by atoms with Gasteiger partial charge in [-0.3, -0.25) is 14.2 Å². The van der Waals surface area contributed by atoms with Gasteiger partial charge in [-0.2, -0.15) is 0 Å². The van der Waals surface area contributed by atoms with Gasteiger partial charge >= 0.3 is 5.97 Å². The van der Waals surface area contributed by atoms with Crippen LogP contribution in [0.1, 0.15) is 21.5 Å². The Kier molecular flexibility index (Phi) is 4.64. The average molecular weight is 314 g/mol. The molecule has 1 heterocycles. The molecule has 23 heavy (non-hydrogen) atoms. The maximum absolute atomic E-state index is 12.4. The number of amides is 1. The standard InChI is InChI=1S/C17H18N2O4/c1-10-4-5-12(8-11(10)2)14-7-6-13(17(22)23)16(21)19(14)9-15(20)18-3/h4-8H,9H2,1-3H3,(H,18,20)(H,22,23). The lowest BCUT2D eigenvalue weighted by molar-refractivity contribution is -0.121. The quantitative estimate of drug-likeness (QED) is 0.896. The van der Waals surface area contributed by atoms with Gasteiger partial charge in [0.1, 0.15) is 12.1 Å². The van der Waals surface area contributed by atoms with E-state index >= 15 is 0 Å². The highest BCUT2D eigenvalue weighted by molar-refractivity contribution is 5.88. The van der Waals surface area contributed by atoms with Gasteiger partial charge in [0.2, 0.25) is 5.91 Å². The molecule has 0 bridgehead atoms. The van der Waals surface area contributed by atoms with Crippen molar-refractivity contribution in [3.8, 4) is 11.3 Å². The fourth-order valence-corrected chi connectivity index (χ4v) is 2.27. The van der Waals surface area contributed by atoms with Crippen LogP contribution in [-0.2, 0) is 11.3 Å². The number of hydrogen-bond donors (Lipinski definition) is 2. The second-order valence-corrected chi connectivity index (χ2v) is 5.30. The van der Waals surface area contributed by atoms with Crippen molar-refractivity contribution in [2.45, 2.75) is 20.4 Å². The van der Waals surface area contributed by atoms with Gasteiger partial charge in [-0.1, -0.05) is 12.1 Å². The Bertz CT molecular complexity index is 837. The van der Waals surface area contributed by atoms with Crippen LogP contribution in [-0.4, -0.2) is 28.6 Å². The van der Waals surface area contributed by atoms with Crippen molar-refractivity contribution in [2.75, 3.05) is 7.05 Å². The minimum Gasteiger partial charge on any atom is -0.477 e. The van der Waals surface area contributed by atoms with Crippen LogP contribution in [0.3, 0.4) is 0 Å². The van der Waals surface area contributed by atoms with Gasteiger partial charge in [-0.25, -0.2) is 4.79 Å². The van der Waals surface area contributed by atoms with Crippen LogP contribution in [0.15, 0.2) is 35.1 Å². The molecule has 1 amide bonds. The zero-order chi connectivity index (χ0) is 17.1. The Morgan fingerprint density at radius 1 is 1.13 bits per heavy atom. The van der Waals surface area contributed by atoms with E-state index < -0.39 is 11.5 Å². The molecule has 0 aliphatic carbocycles. The summed E-state index contributed by atoms with van der Waals surface area (Å²) >= 11 is 0. The second-order valence-electron chi connectivity index (χ2n) is 5.30. The number of nitrogens with zero attached hydrogens (tertiary/aromatic N) is 1. The number of carbonyl (C=O) groups excluding carboxylic acids is 1. The number of carboxylic acid groups (broad SMARTS) is 1. The third-order valence-corrected chi connectivity index (χ3v) is 3.79. The monoisotopic (exact) mass is 314 g/mol. The summed E-state index contributed by atoms with van der Waals surface area (Å²) < 4.78 is 1.19. The predicted octanol–water partition coefficient (Wildman–Crippen LogP) is 1.58. The van der Waals surface area contributed by atoms with E-state index in [0.29, 0.717) is 5.69 Å². The van der Waals surface area contributed by atoms with Gasteiger partial charge in [0.25, 0.3) is 5.56 Å². The van der Waals surface area contributed by atoms with Crippen molar-refractivity contribution in [3.05, 3.63) is 57.4 Å². The minimum absolute atomic E-state index is 0.237. The predicted molar refractivity (Wildman–Crippen MR) is 86.6 cm³/mol. The zero-order valence-corrected chi connectivity index (χ0v) is 13.2. The van der Waals surface area contributed by atoms with E-state index in [9.17, 15) is 14.4 Å². The molecule has 0 radical (unpaired) electrons. The fraction of sp³-hybridized carbons (Fsp3) is 0.235. The molecule has 0 unspecified atom stereocenters. The smallest absolute Gasteiger partial charge is 0.341 e. The molecule has 0 aliphatic heterocycles. The van der Waals surface area contributed by atoms with Crippen LogP contribution in [0.25, 0.3) is 11.3 Å².